The molecule has 2 N–H and O–H groups in total. The van der Waals surface area contributed by atoms with Crippen molar-refractivity contribution in [3.63, 3.8) is 0 Å². The number of nitriles is 1. The second kappa shape index (κ2) is 9.96. The third kappa shape index (κ3) is 4.94. The van der Waals surface area contributed by atoms with Crippen molar-refractivity contribution < 1.29 is 9.32 Å². The number of carbonyl (C=O) groups excluding carboxylic acids is 1. The van der Waals surface area contributed by atoms with Crippen LogP contribution in [0.5, 0.6) is 0 Å². The van der Waals surface area contributed by atoms with Gasteiger partial charge < -0.3 is 15.2 Å². The van der Waals surface area contributed by atoms with E-state index in [1.807, 2.05) is 62.4 Å². The van der Waals surface area contributed by atoms with Crippen LogP contribution in [0.25, 0.3) is 22.6 Å². The molecule has 2 heterocycles. The van der Waals surface area contributed by atoms with Crippen LogP contribution in [0.3, 0.4) is 0 Å². The van der Waals surface area contributed by atoms with Gasteiger partial charge in [-0.15, -0.1) is 0 Å². The minimum Gasteiger partial charge on any atom is -0.362 e. The lowest BCUT2D eigenvalue weighted by Crippen LogP contribution is -2.16. The summed E-state index contributed by atoms with van der Waals surface area (Å²) in [4.78, 5) is 20.7. The monoisotopic (exact) mass is 452 g/mol. The van der Waals surface area contributed by atoms with Crippen molar-refractivity contribution in [2.75, 3.05) is 10.6 Å². The Balaban J connectivity index is 1.56. The Hall–Kier alpha value is -4.51. The van der Waals surface area contributed by atoms with E-state index >= 15 is 0 Å². The summed E-state index contributed by atoms with van der Waals surface area (Å²) in [6.07, 6.45) is 1.47. The van der Waals surface area contributed by atoms with Crippen molar-refractivity contribution in [3.8, 4) is 28.7 Å². The Kier molecular flexibility index (Phi) is 6.64. The Morgan fingerprint density at radius 1 is 1.09 bits per heavy atom. The van der Waals surface area contributed by atoms with Crippen molar-refractivity contribution in [1.82, 2.24) is 15.1 Å². The standard InChI is InChI=1S/C26H24N6O2/c1-16-13-15-28-25(24(16)31-23(33)12-14-27)29-17(2)19-8-10-20(11-9-19)21-6-4-5-7-22(21)26-30-18(3)32-34-26/h4-11,13,15,17H,12H2,1-3H3,(H,28,29)(H,31,33). The molecule has 0 aliphatic carbocycles. The predicted octanol–water partition coefficient (Wildman–Crippen LogP) is 5.44. The summed E-state index contributed by atoms with van der Waals surface area (Å²) in [5.41, 5.74) is 5.40. The fraction of sp³-hybridized carbons (Fsp3) is 0.192. The zero-order valence-electron chi connectivity index (χ0n) is 19.2. The molecule has 8 nitrogen and oxygen atoms in total. The number of hydrogen-bond acceptors (Lipinski definition) is 7. The first-order valence-corrected chi connectivity index (χ1v) is 10.8. The molecule has 0 aliphatic rings. The molecule has 170 valence electrons. The maximum atomic E-state index is 12.0. The molecule has 34 heavy (non-hydrogen) atoms. The summed E-state index contributed by atoms with van der Waals surface area (Å²) in [6, 6.07) is 19.7. The summed E-state index contributed by atoms with van der Waals surface area (Å²) < 4.78 is 5.38. The van der Waals surface area contributed by atoms with Crippen LogP contribution in [0.2, 0.25) is 0 Å². The molecular weight excluding hydrogens is 428 g/mol. The van der Waals surface area contributed by atoms with Crippen LogP contribution in [0, 0.1) is 25.2 Å². The molecule has 1 amide bonds. The van der Waals surface area contributed by atoms with Gasteiger partial charge in [0.1, 0.15) is 6.42 Å². The van der Waals surface area contributed by atoms with Crippen LogP contribution in [-0.4, -0.2) is 21.0 Å². The number of aryl methyl sites for hydroxylation is 2. The number of nitrogens with one attached hydrogen (secondary N) is 2. The smallest absolute Gasteiger partial charge is 0.258 e. The zero-order chi connectivity index (χ0) is 24.1. The van der Waals surface area contributed by atoms with E-state index in [-0.39, 0.29) is 18.4 Å². The maximum absolute atomic E-state index is 12.0. The normalized spacial score (nSPS) is 11.5. The number of anilines is 2. The lowest BCUT2D eigenvalue weighted by Gasteiger charge is -2.19. The van der Waals surface area contributed by atoms with Gasteiger partial charge in [0, 0.05) is 11.8 Å². The SMILES string of the molecule is Cc1noc(-c2ccccc2-c2ccc(C(C)Nc3nccc(C)c3NC(=O)CC#N)cc2)n1. The molecule has 0 radical (unpaired) electrons. The molecular formula is C26H24N6O2. The molecule has 2 aromatic heterocycles. The molecule has 0 bridgehead atoms. The minimum atomic E-state index is -0.367. The van der Waals surface area contributed by atoms with E-state index < -0.39 is 0 Å². The third-order valence-corrected chi connectivity index (χ3v) is 5.42. The van der Waals surface area contributed by atoms with E-state index in [9.17, 15) is 4.79 Å². The molecule has 0 fully saturated rings. The maximum Gasteiger partial charge on any atom is 0.258 e. The Morgan fingerprint density at radius 2 is 1.82 bits per heavy atom. The number of amides is 1. The highest BCUT2D eigenvalue weighted by molar-refractivity contribution is 5.95. The highest BCUT2D eigenvalue weighted by Gasteiger charge is 2.16. The summed E-state index contributed by atoms with van der Waals surface area (Å²) in [5, 5.41) is 18.8. The largest absolute Gasteiger partial charge is 0.362 e. The van der Waals surface area contributed by atoms with Crippen LogP contribution in [0.4, 0.5) is 11.5 Å². The van der Waals surface area contributed by atoms with Gasteiger partial charge in [0.05, 0.1) is 17.8 Å². The predicted molar refractivity (Wildman–Crippen MR) is 130 cm³/mol. The summed E-state index contributed by atoms with van der Waals surface area (Å²) in [7, 11) is 0. The van der Waals surface area contributed by atoms with Gasteiger partial charge in [-0.1, -0.05) is 47.6 Å². The lowest BCUT2D eigenvalue weighted by molar-refractivity contribution is -0.115. The van der Waals surface area contributed by atoms with E-state index in [1.54, 1.807) is 13.1 Å². The Labute approximate surface area is 197 Å². The molecule has 0 saturated heterocycles. The quantitative estimate of drug-likeness (QED) is 0.383. The average Bonchev–Trinajstić information content (AvgIpc) is 3.27. The lowest BCUT2D eigenvalue weighted by atomic mass is 9.97. The highest BCUT2D eigenvalue weighted by atomic mass is 16.5. The fourth-order valence-corrected chi connectivity index (χ4v) is 3.65. The van der Waals surface area contributed by atoms with Gasteiger partial charge in [-0.3, -0.25) is 4.79 Å². The number of aromatic nitrogens is 3. The second-order valence-electron chi connectivity index (χ2n) is 7.91. The average molecular weight is 453 g/mol. The molecule has 8 heteroatoms. The summed E-state index contributed by atoms with van der Waals surface area (Å²) in [5.74, 6) is 1.27. The van der Waals surface area contributed by atoms with Gasteiger partial charge in [0.2, 0.25) is 5.91 Å². The number of hydrogen-bond donors (Lipinski definition) is 2. The van der Waals surface area contributed by atoms with Crippen molar-refractivity contribution in [2.45, 2.75) is 33.2 Å². The Bertz CT molecular complexity index is 1350. The van der Waals surface area contributed by atoms with E-state index in [1.165, 1.54) is 0 Å². The van der Waals surface area contributed by atoms with E-state index in [0.29, 0.717) is 23.2 Å². The van der Waals surface area contributed by atoms with Gasteiger partial charge in [-0.2, -0.15) is 10.2 Å². The molecule has 1 unspecified atom stereocenters. The number of pyridine rings is 1. The Morgan fingerprint density at radius 3 is 2.50 bits per heavy atom. The number of nitrogens with zero attached hydrogens (tertiary/aromatic N) is 4. The van der Waals surface area contributed by atoms with Crippen molar-refractivity contribution >= 4 is 17.4 Å². The van der Waals surface area contributed by atoms with Crippen molar-refractivity contribution in [1.29, 1.82) is 5.26 Å². The van der Waals surface area contributed by atoms with Crippen molar-refractivity contribution in [2.24, 2.45) is 0 Å². The van der Waals surface area contributed by atoms with Crippen molar-refractivity contribution in [3.05, 3.63) is 77.7 Å². The molecule has 4 rings (SSSR count). The number of rotatable bonds is 7. The van der Waals surface area contributed by atoms with Gasteiger partial charge in [0.15, 0.2) is 11.6 Å². The first-order chi connectivity index (χ1) is 16.5. The molecule has 2 aromatic carbocycles. The van der Waals surface area contributed by atoms with Gasteiger partial charge in [-0.05, 0) is 55.2 Å². The van der Waals surface area contributed by atoms with Gasteiger partial charge in [-0.25, -0.2) is 4.98 Å². The summed E-state index contributed by atoms with van der Waals surface area (Å²) in [6.45, 7) is 5.70. The molecule has 0 spiro atoms. The van der Waals surface area contributed by atoms with Gasteiger partial charge in [0.25, 0.3) is 5.89 Å². The molecule has 0 aliphatic heterocycles. The van der Waals surface area contributed by atoms with E-state index in [2.05, 4.69) is 37.9 Å². The van der Waals surface area contributed by atoms with Crippen LogP contribution in [-0.2, 0) is 4.79 Å². The highest BCUT2D eigenvalue weighted by Crippen LogP contribution is 2.32. The number of carbonyl (C=O) groups is 1. The van der Waals surface area contributed by atoms with E-state index in [4.69, 9.17) is 9.78 Å². The topological polar surface area (TPSA) is 117 Å². The first-order valence-electron chi connectivity index (χ1n) is 10.8. The molecule has 4 aromatic rings. The molecule has 1 atom stereocenters. The van der Waals surface area contributed by atoms with Crippen LogP contribution < -0.4 is 10.6 Å². The fourth-order valence-electron chi connectivity index (χ4n) is 3.65. The van der Waals surface area contributed by atoms with Gasteiger partial charge >= 0.3 is 0 Å². The van der Waals surface area contributed by atoms with E-state index in [0.717, 1.165) is 27.8 Å². The molecule has 0 saturated carbocycles. The van der Waals surface area contributed by atoms with Crippen LogP contribution in [0.15, 0.2) is 65.3 Å². The third-order valence-electron chi connectivity index (χ3n) is 5.42. The minimum absolute atomic E-state index is 0.0798. The summed E-state index contributed by atoms with van der Waals surface area (Å²) >= 11 is 0. The number of benzene rings is 2. The zero-order valence-corrected chi connectivity index (χ0v) is 19.2. The second-order valence-corrected chi connectivity index (χ2v) is 7.91. The van der Waals surface area contributed by atoms with Crippen LogP contribution in [0.1, 0.15) is 36.3 Å². The first kappa shape index (κ1) is 22.7. The van der Waals surface area contributed by atoms with Crippen LogP contribution >= 0.6 is 0 Å².